The van der Waals surface area contributed by atoms with Crippen LogP contribution in [0.15, 0.2) is 82.4 Å². The Kier molecular flexibility index (Phi) is 7.39. The van der Waals surface area contributed by atoms with Crippen LogP contribution in [0.25, 0.3) is 11.5 Å². The highest BCUT2D eigenvalue weighted by Crippen LogP contribution is 2.24. The summed E-state index contributed by atoms with van der Waals surface area (Å²) in [4.78, 5) is 25.3. The summed E-state index contributed by atoms with van der Waals surface area (Å²) in [6.45, 7) is 4.42. The predicted molar refractivity (Wildman–Crippen MR) is 133 cm³/mol. The number of hydrogen-bond donors (Lipinski definition) is 2. The molecule has 0 saturated heterocycles. The van der Waals surface area contributed by atoms with Crippen molar-refractivity contribution in [1.82, 2.24) is 15.5 Å². The number of rotatable bonds is 8. The molecule has 0 aliphatic carbocycles. The Morgan fingerprint density at radius 1 is 0.882 bits per heavy atom. The number of anilines is 1. The van der Waals surface area contributed by atoms with E-state index in [1.165, 1.54) is 0 Å². The summed E-state index contributed by atoms with van der Waals surface area (Å²) in [6.07, 6.45) is 0. The minimum atomic E-state index is -0.279. The molecule has 0 radical (unpaired) electrons. The van der Waals surface area contributed by atoms with Crippen molar-refractivity contribution in [2.45, 2.75) is 25.6 Å². The van der Waals surface area contributed by atoms with E-state index in [9.17, 15) is 9.59 Å². The van der Waals surface area contributed by atoms with Crippen LogP contribution in [-0.2, 0) is 11.3 Å². The lowest BCUT2D eigenvalue weighted by Crippen LogP contribution is -2.25. The van der Waals surface area contributed by atoms with Gasteiger partial charge in [0.05, 0.1) is 17.0 Å². The van der Waals surface area contributed by atoms with Crippen molar-refractivity contribution < 1.29 is 14.0 Å². The number of benzene rings is 3. The van der Waals surface area contributed by atoms with Gasteiger partial charge in [-0.2, -0.15) is 0 Å². The van der Waals surface area contributed by atoms with Gasteiger partial charge in [0, 0.05) is 12.1 Å². The van der Waals surface area contributed by atoms with E-state index in [1.54, 1.807) is 24.3 Å². The van der Waals surface area contributed by atoms with Gasteiger partial charge < -0.3 is 15.1 Å². The van der Waals surface area contributed by atoms with E-state index in [0.29, 0.717) is 28.9 Å². The van der Waals surface area contributed by atoms with E-state index in [2.05, 4.69) is 20.8 Å². The van der Waals surface area contributed by atoms with Gasteiger partial charge in [-0.25, -0.2) is 0 Å². The average molecular weight is 473 g/mol. The van der Waals surface area contributed by atoms with Crippen LogP contribution in [0.2, 0.25) is 0 Å². The molecule has 0 aliphatic rings. The predicted octanol–water partition coefficient (Wildman–Crippen LogP) is 5.01. The van der Waals surface area contributed by atoms with E-state index < -0.39 is 0 Å². The number of carbonyl (C=O) groups is 2. The highest BCUT2D eigenvalue weighted by molar-refractivity contribution is 7.99. The lowest BCUT2D eigenvalue weighted by molar-refractivity contribution is -0.113. The smallest absolute Gasteiger partial charge is 0.277 e. The maximum atomic E-state index is 12.7. The molecule has 1 heterocycles. The van der Waals surface area contributed by atoms with Gasteiger partial charge in [0.1, 0.15) is 0 Å². The molecule has 0 aliphatic heterocycles. The fourth-order valence-corrected chi connectivity index (χ4v) is 3.73. The number of nitrogens with zero attached hydrogens (tertiary/aromatic N) is 2. The van der Waals surface area contributed by atoms with Gasteiger partial charge in [-0.3, -0.25) is 9.59 Å². The molecule has 4 aromatic rings. The molecule has 2 amide bonds. The van der Waals surface area contributed by atoms with Gasteiger partial charge >= 0.3 is 0 Å². The van der Waals surface area contributed by atoms with E-state index >= 15 is 0 Å². The van der Waals surface area contributed by atoms with Crippen LogP contribution in [-0.4, -0.2) is 27.8 Å². The maximum Gasteiger partial charge on any atom is 0.277 e. The molecule has 4 rings (SSSR count). The van der Waals surface area contributed by atoms with Crippen molar-refractivity contribution in [2.24, 2.45) is 0 Å². The summed E-state index contributed by atoms with van der Waals surface area (Å²) < 4.78 is 5.65. The molecule has 172 valence electrons. The van der Waals surface area contributed by atoms with Gasteiger partial charge in [-0.05, 0) is 43.7 Å². The molecule has 8 heteroatoms. The number of thioether (sulfide) groups is 1. The second-order valence-electron chi connectivity index (χ2n) is 7.79. The Balaban J connectivity index is 1.33. The SMILES string of the molecule is Cc1ccc(CNC(=O)c2ccccc2NC(=O)CSc2nnc(-c3ccc(C)cc3)o2)cc1. The van der Waals surface area contributed by atoms with Gasteiger partial charge in [-0.15, -0.1) is 10.2 Å². The van der Waals surface area contributed by atoms with Crippen molar-refractivity contribution in [1.29, 1.82) is 0 Å². The first-order valence-corrected chi connectivity index (χ1v) is 11.7. The van der Waals surface area contributed by atoms with Crippen LogP contribution in [0, 0.1) is 13.8 Å². The zero-order valence-electron chi connectivity index (χ0n) is 18.9. The summed E-state index contributed by atoms with van der Waals surface area (Å²) in [7, 11) is 0. The van der Waals surface area contributed by atoms with Crippen molar-refractivity contribution in [3.05, 3.63) is 95.1 Å². The lowest BCUT2D eigenvalue weighted by atomic mass is 10.1. The molecule has 0 unspecified atom stereocenters. The Bertz CT molecular complexity index is 1280. The molecule has 0 fully saturated rings. The van der Waals surface area contributed by atoms with Crippen LogP contribution >= 0.6 is 11.8 Å². The zero-order chi connectivity index (χ0) is 23.9. The molecular weight excluding hydrogens is 448 g/mol. The van der Waals surface area contributed by atoms with Crippen LogP contribution in [0.4, 0.5) is 5.69 Å². The molecule has 3 aromatic carbocycles. The summed E-state index contributed by atoms with van der Waals surface area (Å²) in [5.74, 6) is -0.0735. The van der Waals surface area contributed by atoms with Crippen molar-refractivity contribution in [3.8, 4) is 11.5 Å². The fraction of sp³-hybridized carbons (Fsp3) is 0.154. The summed E-state index contributed by atoms with van der Waals surface area (Å²) in [5, 5.41) is 14.0. The highest BCUT2D eigenvalue weighted by atomic mass is 32.2. The number of para-hydroxylation sites is 1. The van der Waals surface area contributed by atoms with Gasteiger partial charge in [0.15, 0.2) is 0 Å². The normalized spacial score (nSPS) is 10.6. The van der Waals surface area contributed by atoms with Crippen LogP contribution in [0.1, 0.15) is 27.0 Å². The molecule has 0 saturated carbocycles. The van der Waals surface area contributed by atoms with Gasteiger partial charge in [-0.1, -0.05) is 71.4 Å². The number of nitrogens with one attached hydrogen (secondary N) is 2. The lowest BCUT2D eigenvalue weighted by Gasteiger charge is -2.11. The van der Waals surface area contributed by atoms with Gasteiger partial charge in [0.25, 0.3) is 11.1 Å². The quantitative estimate of drug-likeness (QED) is 0.350. The van der Waals surface area contributed by atoms with Crippen molar-refractivity contribution in [3.63, 3.8) is 0 Å². The summed E-state index contributed by atoms with van der Waals surface area (Å²) >= 11 is 1.14. The molecular formula is C26H24N4O3S. The molecule has 0 atom stereocenters. The number of hydrogen-bond acceptors (Lipinski definition) is 6. The zero-order valence-corrected chi connectivity index (χ0v) is 19.7. The Morgan fingerprint density at radius 2 is 1.56 bits per heavy atom. The topological polar surface area (TPSA) is 97.1 Å². The van der Waals surface area contributed by atoms with E-state index in [-0.39, 0.29) is 17.6 Å². The highest BCUT2D eigenvalue weighted by Gasteiger charge is 2.15. The fourth-order valence-electron chi connectivity index (χ4n) is 3.17. The molecule has 0 spiro atoms. The van der Waals surface area contributed by atoms with E-state index in [1.807, 2.05) is 62.4 Å². The second kappa shape index (κ2) is 10.8. The number of amides is 2. The molecule has 0 bridgehead atoms. The largest absolute Gasteiger partial charge is 0.411 e. The summed E-state index contributed by atoms with van der Waals surface area (Å²) in [6, 6.07) is 22.6. The minimum absolute atomic E-state index is 0.0643. The molecule has 1 aromatic heterocycles. The first-order chi connectivity index (χ1) is 16.5. The maximum absolute atomic E-state index is 12.7. The minimum Gasteiger partial charge on any atom is -0.411 e. The van der Waals surface area contributed by atoms with Crippen molar-refractivity contribution >= 4 is 29.3 Å². The van der Waals surface area contributed by atoms with E-state index in [4.69, 9.17) is 4.42 Å². The van der Waals surface area contributed by atoms with Crippen molar-refractivity contribution in [2.75, 3.05) is 11.1 Å². The molecule has 2 N–H and O–H groups in total. The Hall–Kier alpha value is -3.91. The standard InChI is InChI=1S/C26H24N4O3S/c1-17-7-11-19(12-8-17)15-27-24(32)21-5-3-4-6-22(21)28-23(31)16-34-26-30-29-25(33-26)20-13-9-18(2)10-14-20/h3-14H,15-16H2,1-2H3,(H,27,32)(H,28,31). The number of aromatic nitrogens is 2. The van der Waals surface area contributed by atoms with Crippen LogP contribution in [0.5, 0.6) is 0 Å². The Morgan fingerprint density at radius 3 is 2.29 bits per heavy atom. The monoisotopic (exact) mass is 472 g/mol. The summed E-state index contributed by atoms with van der Waals surface area (Å²) in [5.41, 5.74) is 4.96. The first kappa shape index (κ1) is 23.3. The number of aryl methyl sites for hydroxylation is 2. The number of carbonyl (C=O) groups excluding carboxylic acids is 2. The van der Waals surface area contributed by atoms with Crippen LogP contribution in [0.3, 0.4) is 0 Å². The third-order valence-corrected chi connectivity index (χ3v) is 5.87. The molecule has 7 nitrogen and oxygen atoms in total. The first-order valence-electron chi connectivity index (χ1n) is 10.7. The third kappa shape index (κ3) is 6.11. The average Bonchev–Trinajstić information content (AvgIpc) is 3.32. The Labute approximate surface area is 202 Å². The van der Waals surface area contributed by atoms with Crippen LogP contribution < -0.4 is 10.6 Å². The molecule has 34 heavy (non-hydrogen) atoms. The second-order valence-corrected chi connectivity index (χ2v) is 8.72. The van der Waals surface area contributed by atoms with E-state index in [0.717, 1.165) is 34.0 Å². The third-order valence-electron chi connectivity index (χ3n) is 5.05. The van der Waals surface area contributed by atoms with Gasteiger partial charge in [0.2, 0.25) is 11.8 Å².